The normalized spacial score (nSPS) is 27.4. The Balaban J connectivity index is 1.09. The van der Waals surface area contributed by atoms with Crippen LogP contribution in [0.1, 0.15) is 44.3 Å². The third-order valence-electron chi connectivity index (χ3n) is 7.11. The van der Waals surface area contributed by atoms with Crippen molar-refractivity contribution in [2.75, 3.05) is 5.75 Å². The number of benzene rings is 1. The molecule has 1 aromatic carbocycles. The van der Waals surface area contributed by atoms with E-state index in [1.54, 1.807) is 28.8 Å². The highest BCUT2D eigenvalue weighted by Gasteiger charge is 2.51. The minimum Gasteiger partial charge on any atom is -0.486 e. The minimum atomic E-state index is -0.377. The largest absolute Gasteiger partial charge is 0.486 e. The van der Waals surface area contributed by atoms with Gasteiger partial charge in [-0.2, -0.15) is 0 Å². The van der Waals surface area contributed by atoms with Crippen molar-refractivity contribution in [2.45, 2.75) is 55.8 Å². The van der Waals surface area contributed by atoms with Gasteiger partial charge in [-0.25, -0.2) is 4.79 Å². The summed E-state index contributed by atoms with van der Waals surface area (Å²) in [5, 5.41) is 15.2. The molecule has 0 saturated heterocycles. The summed E-state index contributed by atoms with van der Waals surface area (Å²) in [6.45, 7) is 0.241. The molecule has 10 heteroatoms. The molecule has 0 unspecified atom stereocenters. The quantitative estimate of drug-likeness (QED) is 0.572. The number of halogens is 1. The van der Waals surface area contributed by atoms with Crippen LogP contribution in [0.4, 0.5) is 4.79 Å². The van der Waals surface area contributed by atoms with Crippen LogP contribution in [0.15, 0.2) is 29.4 Å². The molecule has 1 aromatic heterocycles. The maximum Gasteiger partial charge on any atom is 0.321 e. The lowest BCUT2D eigenvalue weighted by Crippen LogP contribution is -2.61. The number of nitrogens with one attached hydrogen (secondary N) is 2. The van der Waals surface area contributed by atoms with Crippen LogP contribution in [0.3, 0.4) is 0 Å². The van der Waals surface area contributed by atoms with Crippen LogP contribution < -0.4 is 15.4 Å². The van der Waals surface area contributed by atoms with E-state index in [0.717, 1.165) is 37.0 Å². The van der Waals surface area contributed by atoms with Gasteiger partial charge in [-0.1, -0.05) is 23.4 Å². The molecule has 2 N–H and O–H groups in total. The van der Waals surface area contributed by atoms with Crippen molar-refractivity contribution in [1.82, 2.24) is 25.4 Å². The Morgan fingerprint density at radius 2 is 1.76 bits per heavy atom. The van der Waals surface area contributed by atoms with Gasteiger partial charge in [0.15, 0.2) is 11.0 Å². The zero-order valence-electron chi connectivity index (χ0n) is 18.6. The standard InChI is InChI=1S/C23H28ClN5O3S/c1-29-19(12-32-18-4-2-17(24)3-5-18)27-28-22(29)33-13-20(30)25-21(31)26-23-9-14-6-15(10-23)8-16(7-14)11-23/h2-5,14-16H,6-13H2,1H3,(H2,25,26,30,31). The Labute approximate surface area is 202 Å². The van der Waals surface area contributed by atoms with Crippen LogP contribution in [-0.2, 0) is 18.4 Å². The molecule has 3 amide bonds. The summed E-state index contributed by atoms with van der Waals surface area (Å²) >= 11 is 7.12. The lowest BCUT2D eigenvalue weighted by Gasteiger charge is -2.56. The van der Waals surface area contributed by atoms with E-state index in [1.807, 2.05) is 7.05 Å². The van der Waals surface area contributed by atoms with Crippen LogP contribution in [0, 0.1) is 17.8 Å². The van der Waals surface area contributed by atoms with Gasteiger partial charge in [0.05, 0.1) is 5.75 Å². The highest BCUT2D eigenvalue weighted by molar-refractivity contribution is 7.99. The predicted octanol–water partition coefficient (Wildman–Crippen LogP) is 3.93. The van der Waals surface area contributed by atoms with Gasteiger partial charge in [0.1, 0.15) is 12.4 Å². The predicted molar refractivity (Wildman–Crippen MR) is 125 cm³/mol. The minimum absolute atomic E-state index is 0.0817. The zero-order chi connectivity index (χ0) is 23.0. The van der Waals surface area contributed by atoms with Crippen LogP contribution in [-0.4, -0.2) is 38.0 Å². The fourth-order valence-corrected chi connectivity index (χ4v) is 6.96. The Hall–Kier alpha value is -2.26. The van der Waals surface area contributed by atoms with Gasteiger partial charge in [0.25, 0.3) is 0 Å². The Bertz CT molecular complexity index is 1010. The van der Waals surface area contributed by atoms with E-state index >= 15 is 0 Å². The number of hydrogen-bond acceptors (Lipinski definition) is 6. The van der Waals surface area contributed by atoms with Gasteiger partial charge in [0.2, 0.25) is 5.91 Å². The number of hydrogen-bond donors (Lipinski definition) is 2. The molecule has 1 heterocycles. The van der Waals surface area contributed by atoms with Crippen LogP contribution in [0.25, 0.3) is 0 Å². The number of carbonyl (C=O) groups excluding carboxylic acids is 2. The lowest BCUT2D eigenvalue weighted by atomic mass is 9.53. The molecule has 176 valence electrons. The number of thioether (sulfide) groups is 1. The van der Waals surface area contributed by atoms with Crippen LogP contribution >= 0.6 is 23.4 Å². The highest BCUT2D eigenvalue weighted by atomic mass is 35.5. The molecular weight excluding hydrogens is 462 g/mol. The maximum absolute atomic E-state index is 12.6. The average Bonchev–Trinajstić information content (AvgIpc) is 3.10. The van der Waals surface area contributed by atoms with Crippen LogP contribution in [0.2, 0.25) is 5.02 Å². The van der Waals surface area contributed by atoms with E-state index in [1.165, 1.54) is 31.0 Å². The molecule has 0 spiro atoms. The molecule has 4 fully saturated rings. The molecular formula is C23H28ClN5O3S. The number of nitrogens with zero attached hydrogens (tertiary/aromatic N) is 3. The SMILES string of the molecule is Cn1c(COc2ccc(Cl)cc2)nnc1SCC(=O)NC(=O)NC12CC3CC(CC(C3)C1)C2. The van der Waals surface area contributed by atoms with E-state index in [4.69, 9.17) is 16.3 Å². The summed E-state index contributed by atoms with van der Waals surface area (Å²) in [7, 11) is 1.82. The first-order valence-electron chi connectivity index (χ1n) is 11.4. The summed E-state index contributed by atoms with van der Waals surface area (Å²) in [6, 6.07) is 6.71. The summed E-state index contributed by atoms with van der Waals surface area (Å²) in [5.41, 5.74) is -0.116. The molecule has 4 aliphatic carbocycles. The fourth-order valence-electron chi connectivity index (χ4n) is 6.10. The molecule has 4 bridgehead atoms. The van der Waals surface area contributed by atoms with Crippen molar-refractivity contribution >= 4 is 35.3 Å². The summed E-state index contributed by atoms with van der Waals surface area (Å²) in [6.07, 6.45) is 7.08. The zero-order valence-corrected chi connectivity index (χ0v) is 20.1. The molecule has 6 rings (SSSR count). The van der Waals surface area contributed by atoms with Gasteiger partial charge in [-0.15, -0.1) is 10.2 Å². The Morgan fingerprint density at radius 1 is 1.12 bits per heavy atom. The van der Waals surface area contributed by atoms with Gasteiger partial charge < -0.3 is 14.6 Å². The average molecular weight is 490 g/mol. The smallest absolute Gasteiger partial charge is 0.321 e. The highest BCUT2D eigenvalue weighted by Crippen LogP contribution is 2.55. The van der Waals surface area contributed by atoms with Gasteiger partial charge in [-0.05, 0) is 80.5 Å². The first-order valence-corrected chi connectivity index (χ1v) is 12.8. The van der Waals surface area contributed by atoms with Crippen molar-refractivity contribution in [3.63, 3.8) is 0 Å². The second-order valence-electron chi connectivity index (χ2n) is 9.69. The molecule has 0 atom stereocenters. The third-order valence-corrected chi connectivity index (χ3v) is 8.38. The maximum atomic E-state index is 12.6. The van der Waals surface area contributed by atoms with Crippen molar-refractivity contribution in [3.05, 3.63) is 35.1 Å². The van der Waals surface area contributed by atoms with E-state index in [2.05, 4.69) is 20.8 Å². The number of carbonyl (C=O) groups is 2. The van der Waals surface area contributed by atoms with Crippen molar-refractivity contribution in [2.24, 2.45) is 24.8 Å². The van der Waals surface area contributed by atoms with Gasteiger partial charge >= 0.3 is 6.03 Å². The second-order valence-corrected chi connectivity index (χ2v) is 11.1. The summed E-state index contributed by atoms with van der Waals surface area (Å²) in [5.74, 6) is 3.25. The number of imide groups is 1. The second kappa shape index (κ2) is 9.18. The third kappa shape index (κ3) is 5.14. The van der Waals surface area contributed by atoms with E-state index in [9.17, 15) is 9.59 Å². The van der Waals surface area contributed by atoms with E-state index in [-0.39, 0.29) is 29.8 Å². The Kier molecular flexibility index (Phi) is 6.26. The van der Waals surface area contributed by atoms with Crippen molar-refractivity contribution in [1.29, 1.82) is 0 Å². The molecule has 33 heavy (non-hydrogen) atoms. The summed E-state index contributed by atoms with van der Waals surface area (Å²) < 4.78 is 7.49. The van der Waals surface area contributed by atoms with E-state index < -0.39 is 0 Å². The van der Waals surface area contributed by atoms with Gasteiger partial charge in [0, 0.05) is 17.6 Å². The van der Waals surface area contributed by atoms with Gasteiger partial charge in [-0.3, -0.25) is 10.1 Å². The summed E-state index contributed by atoms with van der Waals surface area (Å²) in [4.78, 5) is 24.9. The number of urea groups is 1. The van der Waals surface area contributed by atoms with Crippen molar-refractivity contribution in [3.8, 4) is 5.75 Å². The molecule has 0 radical (unpaired) electrons. The first-order chi connectivity index (χ1) is 15.9. The molecule has 2 aromatic rings. The number of rotatable bonds is 7. The molecule has 4 aliphatic rings. The van der Waals surface area contributed by atoms with Crippen molar-refractivity contribution < 1.29 is 14.3 Å². The number of amides is 3. The monoisotopic (exact) mass is 489 g/mol. The molecule has 0 aliphatic heterocycles. The lowest BCUT2D eigenvalue weighted by molar-refractivity contribution is -0.117. The Morgan fingerprint density at radius 3 is 2.39 bits per heavy atom. The topological polar surface area (TPSA) is 98.1 Å². The first kappa shape index (κ1) is 22.5. The van der Waals surface area contributed by atoms with E-state index in [0.29, 0.717) is 21.8 Å². The number of aromatic nitrogens is 3. The number of ether oxygens (including phenoxy) is 1. The fraction of sp³-hybridized carbons (Fsp3) is 0.565. The molecule has 4 saturated carbocycles. The van der Waals surface area contributed by atoms with Crippen LogP contribution in [0.5, 0.6) is 5.75 Å². The molecule has 8 nitrogen and oxygen atoms in total.